The molecular weight excluding hydrogens is 260 g/mol. The van der Waals surface area contributed by atoms with Gasteiger partial charge >= 0.3 is 5.69 Å². The number of hydrogen-bond donors (Lipinski definition) is 0. The minimum Gasteiger partial charge on any atom is -0.484 e. The highest BCUT2D eigenvalue weighted by molar-refractivity contribution is 5.45. The van der Waals surface area contributed by atoms with Gasteiger partial charge in [-0.25, -0.2) is 0 Å². The van der Waals surface area contributed by atoms with Gasteiger partial charge in [0.05, 0.1) is 11.5 Å². The van der Waals surface area contributed by atoms with Gasteiger partial charge in [-0.05, 0) is 19.0 Å². The molecule has 0 saturated carbocycles. The quantitative estimate of drug-likeness (QED) is 0.589. The van der Waals surface area contributed by atoms with Crippen LogP contribution < -0.4 is 4.74 Å². The fourth-order valence-electron chi connectivity index (χ4n) is 2.31. The van der Waals surface area contributed by atoms with Crippen molar-refractivity contribution < 1.29 is 14.4 Å². The first-order chi connectivity index (χ1) is 9.70. The van der Waals surface area contributed by atoms with Crippen LogP contribution in [0.1, 0.15) is 13.3 Å². The first-order valence-corrected chi connectivity index (χ1v) is 6.91. The molecule has 0 aromatic heterocycles. The highest BCUT2D eigenvalue weighted by Crippen LogP contribution is 2.26. The topological polar surface area (TPSA) is 64.8 Å². The van der Waals surface area contributed by atoms with Crippen LogP contribution in [0, 0.1) is 10.1 Å². The number of para-hydroxylation sites is 2. The van der Waals surface area contributed by atoms with E-state index in [2.05, 4.69) is 11.8 Å². The molecule has 1 aliphatic rings. The van der Waals surface area contributed by atoms with E-state index in [0.717, 1.165) is 26.1 Å². The number of benzene rings is 1. The van der Waals surface area contributed by atoms with Gasteiger partial charge in [0.15, 0.2) is 5.75 Å². The maximum Gasteiger partial charge on any atom is 0.310 e. The van der Waals surface area contributed by atoms with Crippen molar-refractivity contribution in [2.45, 2.75) is 19.4 Å². The van der Waals surface area contributed by atoms with Crippen molar-refractivity contribution in [3.63, 3.8) is 0 Å². The lowest BCUT2D eigenvalue weighted by atomic mass is 10.2. The van der Waals surface area contributed by atoms with Crippen LogP contribution in [-0.4, -0.2) is 48.8 Å². The van der Waals surface area contributed by atoms with E-state index < -0.39 is 4.92 Å². The smallest absolute Gasteiger partial charge is 0.310 e. The second-order valence-electron chi connectivity index (χ2n) is 4.83. The predicted molar refractivity (Wildman–Crippen MR) is 75.1 cm³/mol. The highest BCUT2D eigenvalue weighted by Gasteiger charge is 2.22. The Morgan fingerprint density at radius 1 is 1.50 bits per heavy atom. The molecule has 0 N–H and O–H groups in total. The van der Waals surface area contributed by atoms with Gasteiger partial charge in [-0.3, -0.25) is 15.0 Å². The number of ether oxygens (including phenoxy) is 2. The van der Waals surface area contributed by atoms with E-state index in [1.54, 1.807) is 18.2 Å². The monoisotopic (exact) mass is 280 g/mol. The highest BCUT2D eigenvalue weighted by atomic mass is 16.6. The third kappa shape index (κ3) is 3.91. The van der Waals surface area contributed by atoms with Crippen molar-refractivity contribution >= 4 is 5.69 Å². The summed E-state index contributed by atoms with van der Waals surface area (Å²) < 4.78 is 11.2. The molecule has 1 aliphatic heterocycles. The number of morpholine rings is 1. The summed E-state index contributed by atoms with van der Waals surface area (Å²) in [5.74, 6) is 0.300. The molecule has 6 heteroatoms. The fraction of sp³-hybridized carbons (Fsp3) is 0.571. The second-order valence-corrected chi connectivity index (χ2v) is 4.83. The van der Waals surface area contributed by atoms with Crippen molar-refractivity contribution in [2.75, 3.05) is 32.8 Å². The van der Waals surface area contributed by atoms with E-state index in [-0.39, 0.29) is 11.8 Å². The van der Waals surface area contributed by atoms with E-state index >= 15 is 0 Å². The molecule has 1 aromatic carbocycles. The van der Waals surface area contributed by atoms with Gasteiger partial charge in [0.2, 0.25) is 0 Å². The first-order valence-electron chi connectivity index (χ1n) is 6.91. The molecule has 1 saturated heterocycles. The van der Waals surface area contributed by atoms with Crippen LogP contribution in [0.3, 0.4) is 0 Å². The van der Waals surface area contributed by atoms with E-state index in [4.69, 9.17) is 9.47 Å². The fourth-order valence-corrected chi connectivity index (χ4v) is 2.31. The Morgan fingerprint density at radius 3 is 3.05 bits per heavy atom. The number of nitro benzene ring substituents is 1. The summed E-state index contributed by atoms with van der Waals surface area (Å²) in [7, 11) is 0. The third-order valence-corrected chi connectivity index (χ3v) is 3.25. The molecule has 1 atom stereocenters. The lowest BCUT2D eigenvalue weighted by Gasteiger charge is -2.32. The van der Waals surface area contributed by atoms with Gasteiger partial charge < -0.3 is 9.47 Å². The summed E-state index contributed by atoms with van der Waals surface area (Å²) in [6.45, 7) is 5.97. The van der Waals surface area contributed by atoms with Gasteiger partial charge in [0, 0.05) is 19.2 Å². The van der Waals surface area contributed by atoms with Crippen molar-refractivity contribution in [3.05, 3.63) is 34.4 Å². The van der Waals surface area contributed by atoms with Gasteiger partial charge in [-0.15, -0.1) is 0 Å². The maximum absolute atomic E-state index is 10.9. The van der Waals surface area contributed by atoms with E-state index in [0.29, 0.717) is 19.0 Å². The molecule has 0 amide bonds. The summed E-state index contributed by atoms with van der Waals surface area (Å²) in [4.78, 5) is 12.8. The molecule has 20 heavy (non-hydrogen) atoms. The van der Waals surface area contributed by atoms with Crippen LogP contribution >= 0.6 is 0 Å². The van der Waals surface area contributed by atoms with Gasteiger partial charge in [-0.1, -0.05) is 19.1 Å². The molecule has 2 rings (SSSR count). The summed E-state index contributed by atoms with van der Waals surface area (Å²) >= 11 is 0. The van der Waals surface area contributed by atoms with E-state index in [1.807, 2.05) is 0 Å². The number of hydrogen-bond acceptors (Lipinski definition) is 5. The van der Waals surface area contributed by atoms with Crippen molar-refractivity contribution in [1.29, 1.82) is 0 Å². The van der Waals surface area contributed by atoms with Crippen LogP contribution in [0.4, 0.5) is 5.69 Å². The standard InChI is InChI=1S/C14H20N2O4/c1-2-7-15-8-9-19-12(10-15)11-20-14-6-4-3-5-13(14)16(17)18/h3-6,12H,2,7-11H2,1H3/t12-/m0/s1. The molecule has 0 spiro atoms. The molecule has 6 nitrogen and oxygen atoms in total. The SMILES string of the molecule is CCCN1CCO[C@H](COc2ccccc2[N+](=O)[O-])C1. The molecule has 1 aromatic rings. The van der Waals surface area contributed by atoms with E-state index in [1.165, 1.54) is 6.07 Å². The second kappa shape index (κ2) is 7.21. The molecule has 1 heterocycles. The van der Waals surface area contributed by atoms with Crippen LogP contribution in [0.2, 0.25) is 0 Å². The molecule has 110 valence electrons. The molecule has 0 radical (unpaired) electrons. The summed E-state index contributed by atoms with van der Waals surface area (Å²) in [5.41, 5.74) is -0.00581. The lowest BCUT2D eigenvalue weighted by molar-refractivity contribution is -0.385. The Kier molecular flexibility index (Phi) is 5.31. The first kappa shape index (κ1) is 14.7. The lowest BCUT2D eigenvalue weighted by Crippen LogP contribution is -2.45. The minimum atomic E-state index is -0.430. The number of nitro groups is 1. The molecule has 0 unspecified atom stereocenters. The Balaban J connectivity index is 1.90. The van der Waals surface area contributed by atoms with Gasteiger partial charge in [-0.2, -0.15) is 0 Å². The Morgan fingerprint density at radius 2 is 2.30 bits per heavy atom. The Labute approximate surface area is 118 Å². The summed E-state index contributed by atoms with van der Waals surface area (Å²) in [6, 6.07) is 6.42. The van der Waals surface area contributed by atoms with Crippen LogP contribution in [0.15, 0.2) is 24.3 Å². The maximum atomic E-state index is 10.9. The van der Waals surface area contributed by atoms with Crippen LogP contribution in [0.5, 0.6) is 5.75 Å². The Bertz CT molecular complexity index is 451. The van der Waals surface area contributed by atoms with Gasteiger partial charge in [0.25, 0.3) is 0 Å². The molecular formula is C14H20N2O4. The van der Waals surface area contributed by atoms with Crippen LogP contribution in [-0.2, 0) is 4.74 Å². The van der Waals surface area contributed by atoms with Crippen LogP contribution in [0.25, 0.3) is 0 Å². The largest absolute Gasteiger partial charge is 0.484 e. The summed E-state index contributed by atoms with van der Waals surface area (Å²) in [5, 5.41) is 10.9. The number of rotatable bonds is 6. The zero-order chi connectivity index (χ0) is 14.4. The number of nitrogens with zero attached hydrogens (tertiary/aromatic N) is 2. The van der Waals surface area contributed by atoms with Crippen molar-refractivity contribution in [1.82, 2.24) is 4.90 Å². The third-order valence-electron chi connectivity index (χ3n) is 3.25. The van der Waals surface area contributed by atoms with Crippen molar-refractivity contribution in [3.8, 4) is 5.75 Å². The Hall–Kier alpha value is -1.66. The van der Waals surface area contributed by atoms with E-state index in [9.17, 15) is 10.1 Å². The molecule has 0 aliphatic carbocycles. The van der Waals surface area contributed by atoms with Gasteiger partial charge in [0.1, 0.15) is 12.7 Å². The van der Waals surface area contributed by atoms with Crippen molar-refractivity contribution in [2.24, 2.45) is 0 Å². The average molecular weight is 280 g/mol. The predicted octanol–water partition coefficient (Wildman–Crippen LogP) is 2.08. The molecule has 1 fully saturated rings. The minimum absolute atomic E-state index is 0.00581. The zero-order valence-corrected chi connectivity index (χ0v) is 11.7. The zero-order valence-electron chi connectivity index (χ0n) is 11.7. The average Bonchev–Trinajstić information content (AvgIpc) is 2.46. The molecule has 0 bridgehead atoms. The summed E-state index contributed by atoms with van der Waals surface area (Å²) in [6.07, 6.45) is 1.08. The normalized spacial score (nSPS) is 19.8.